The van der Waals surface area contributed by atoms with E-state index in [1.807, 2.05) is 103 Å². The summed E-state index contributed by atoms with van der Waals surface area (Å²) in [4.78, 5) is 0. The summed E-state index contributed by atoms with van der Waals surface area (Å²) in [6.45, 7) is 0. The highest BCUT2D eigenvalue weighted by molar-refractivity contribution is 6.12. The van der Waals surface area contributed by atoms with Crippen molar-refractivity contribution in [1.82, 2.24) is 9.13 Å². The van der Waals surface area contributed by atoms with Crippen LogP contribution in [0.2, 0.25) is 0 Å². The predicted molar refractivity (Wildman–Crippen MR) is 210 cm³/mol. The lowest BCUT2D eigenvalue weighted by Crippen LogP contribution is -2.05. The van der Waals surface area contributed by atoms with E-state index in [1.54, 1.807) is 24.3 Å². The largest absolute Gasteiger partial charge is 0.416 e. The molecule has 0 amide bonds. The van der Waals surface area contributed by atoms with E-state index in [4.69, 9.17) is 0 Å². The summed E-state index contributed by atoms with van der Waals surface area (Å²) in [6.07, 6.45) is -4.63. The van der Waals surface area contributed by atoms with E-state index < -0.39 is 11.7 Å². The molecule has 9 aromatic rings. The zero-order valence-electron chi connectivity index (χ0n) is 29.1. The lowest BCUT2D eigenvalue weighted by molar-refractivity contribution is -0.137. The van der Waals surface area contributed by atoms with Gasteiger partial charge >= 0.3 is 6.18 Å². The molecule has 7 aromatic carbocycles. The van der Waals surface area contributed by atoms with Gasteiger partial charge in [0.15, 0.2) is 0 Å². The highest BCUT2D eigenvalue weighted by Gasteiger charge is 2.31. The average molecular weight is 729 g/mol. The van der Waals surface area contributed by atoms with Crippen LogP contribution in [-0.2, 0) is 6.18 Å². The number of hydrogen-bond acceptors (Lipinski definition) is 4. The molecule has 0 aliphatic carbocycles. The van der Waals surface area contributed by atoms with Crippen LogP contribution >= 0.6 is 0 Å². The molecule has 0 saturated heterocycles. The second-order valence-corrected chi connectivity index (χ2v) is 13.3. The number of para-hydroxylation sites is 2. The second kappa shape index (κ2) is 12.8. The second-order valence-electron chi connectivity index (χ2n) is 13.3. The Balaban J connectivity index is 1.41. The highest BCUT2D eigenvalue weighted by atomic mass is 19.4. The van der Waals surface area contributed by atoms with Crippen molar-refractivity contribution in [3.05, 3.63) is 167 Å². The maximum absolute atomic E-state index is 13.8. The normalized spacial score (nSPS) is 11.4. The van der Waals surface area contributed by atoms with Crippen LogP contribution < -0.4 is 0 Å². The van der Waals surface area contributed by atoms with Crippen LogP contribution in [-0.4, -0.2) is 9.13 Å². The van der Waals surface area contributed by atoms with Gasteiger partial charge in [-0.3, -0.25) is 0 Å². The third-order valence-corrected chi connectivity index (χ3v) is 10.3. The molecular formula is C47H23F3N6. The first-order valence-electron chi connectivity index (χ1n) is 17.4. The fraction of sp³-hybridized carbons (Fsp3) is 0.0213. The molecule has 0 N–H and O–H groups in total. The van der Waals surface area contributed by atoms with Gasteiger partial charge in [0.2, 0.25) is 0 Å². The van der Waals surface area contributed by atoms with Crippen molar-refractivity contribution in [2.24, 2.45) is 0 Å². The first-order valence-corrected chi connectivity index (χ1v) is 17.4. The van der Waals surface area contributed by atoms with Crippen molar-refractivity contribution in [3.8, 4) is 57.9 Å². The van der Waals surface area contributed by atoms with E-state index in [2.05, 4.69) is 27.3 Å². The average Bonchev–Trinajstić information content (AvgIpc) is 3.74. The minimum absolute atomic E-state index is 0.125. The van der Waals surface area contributed by atoms with Crippen molar-refractivity contribution in [1.29, 1.82) is 21.0 Å². The van der Waals surface area contributed by atoms with Crippen LogP contribution in [0.4, 0.5) is 13.2 Å². The van der Waals surface area contributed by atoms with Gasteiger partial charge < -0.3 is 9.13 Å². The molecule has 2 heterocycles. The number of rotatable bonds is 4. The third-order valence-electron chi connectivity index (χ3n) is 10.3. The number of nitrogens with zero attached hydrogens (tertiary/aromatic N) is 6. The molecule has 0 aliphatic rings. The van der Waals surface area contributed by atoms with Gasteiger partial charge in [0.1, 0.15) is 0 Å². The molecule has 2 aromatic heterocycles. The SMILES string of the molecule is N#Cc1ccc(-c2ccc(-c3ccc(C(F)(F)F)cc3C#N)cc2-n2c3ccccc3c3cc(C#N)ccc32)c(-n2c3ccccc3c3cc(C#N)ccc32)c1. The Labute approximate surface area is 317 Å². The Bertz CT molecular complexity index is 3300. The van der Waals surface area contributed by atoms with E-state index in [0.29, 0.717) is 39.2 Å². The fourth-order valence-electron chi connectivity index (χ4n) is 7.79. The van der Waals surface area contributed by atoms with Crippen LogP contribution in [0, 0.1) is 45.3 Å². The van der Waals surface area contributed by atoms with Crippen LogP contribution in [0.3, 0.4) is 0 Å². The van der Waals surface area contributed by atoms with E-state index >= 15 is 0 Å². The summed E-state index contributed by atoms with van der Waals surface area (Å²) in [5.41, 5.74) is 7.32. The maximum atomic E-state index is 13.8. The number of aromatic nitrogens is 2. The van der Waals surface area contributed by atoms with Gasteiger partial charge in [-0.1, -0.05) is 60.7 Å². The van der Waals surface area contributed by atoms with Gasteiger partial charge in [-0.2, -0.15) is 34.2 Å². The number of fused-ring (bicyclic) bond motifs is 6. The van der Waals surface area contributed by atoms with E-state index in [9.17, 15) is 34.2 Å². The minimum Gasteiger partial charge on any atom is -0.309 e. The summed E-state index contributed by atoms with van der Waals surface area (Å²) >= 11 is 0. The van der Waals surface area contributed by atoms with Gasteiger partial charge in [0, 0.05) is 32.7 Å². The molecule has 0 spiro atoms. The molecule has 0 atom stereocenters. The summed E-state index contributed by atoms with van der Waals surface area (Å²) in [5.74, 6) is 0. The third kappa shape index (κ3) is 5.24. The Kier molecular flexibility index (Phi) is 7.69. The monoisotopic (exact) mass is 728 g/mol. The predicted octanol–water partition coefficient (Wildman–Crippen LogP) is 11.7. The van der Waals surface area contributed by atoms with Gasteiger partial charge in [-0.05, 0) is 90.0 Å². The number of nitriles is 4. The lowest BCUT2D eigenvalue weighted by atomic mass is 9.93. The smallest absolute Gasteiger partial charge is 0.309 e. The van der Waals surface area contributed by atoms with Gasteiger partial charge in [0.05, 0.1) is 85.5 Å². The van der Waals surface area contributed by atoms with Crippen LogP contribution in [0.15, 0.2) is 140 Å². The maximum Gasteiger partial charge on any atom is 0.416 e. The van der Waals surface area contributed by atoms with Crippen LogP contribution in [0.25, 0.3) is 77.2 Å². The molecule has 262 valence electrons. The summed E-state index contributed by atoms with van der Waals surface area (Å²) in [6, 6.07) is 49.5. The molecule has 0 bridgehead atoms. The Morgan fingerprint density at radius 1 is 0.411 bits per heavy atom. The van der Waals surface area contributed by atoms with Crippen molar-refractivity contribution >= 4 is 43.6 Å². The van der Waals surface area contributed by atoms with Crippen molar-refractivity contribution < 1.29 is 13.2 Å². The van der Waals surface area contributed by atoms with E-state index in [1.165, 1.54) is 6.07 Å². The Morgan fingerprint density at radius 3 is 1.41 bits per heavy atom. The molecule has 0 fully saturated rings. The Morgan fingerprint density at radius 2 is 0.875 bits per heavy atom. The van der Waals surface area contributed by atoms with Crippen LogP contribution in [0.1, 0.15) is 27.8 Å². The first-order chi connectivity index (χ1) is 27.2. The summed E-state index contributed by atoms with van der Waals surface area (Å²) in [7, 11) is 0. The number of hydrogen-bond donors (Lipinski definition) is 0. The standard InChI is InChI=1S/C47H23F3N6/c48-47(49,50)33-13-16-34(32(22-33)27-54)31-12-15-38(46(23-31)56-42-8-4-2-6-36(42)40-20-29(25-52)11-18-44(40)56)37-14-9-30(26-53)21-45(37)55-41-7-3-1-5-35(41)39-19-28(24-51)10-17-43(39)55/h1-23H. The molecule has 56 heavy (non-hydrogen) atoms. The molecule has 0 aliphatic heterocycles. The number of halogens is 3. The van der Waals surface area contributed by atoms with Crippen molar-refractivity contribution in [2.45, 2.75) is 6.18 Å². The van der Waals surface area contributed by atoms with Crippen LogP contribution in [0.5, 0.6) is 0 Å². The topological polar surface area (TPSA) is 105 Å². The highest BCUT2D eigenvalue weighted by Crippen LogP contribution is 2.43. The minimum atomic E-state index is -4.63. The summed E-state index contributed by atoms with van der Waals surface area (Å²) in [5, 5.41) is 43.3. The molecule has 9 rings (SSSR count). The zero-order valence-corrected chi connectivity index (χ0v) is 29.1. The van der Waals surface area contributed by atoms with Gasteiger partial charge in [0.25, 0.3) is 0 Å². The quantitative estimate of drug-likeness (QED) is 0.180. The molecule has 9 heteroatoms. The van der Waals surface area contributed by atoms with Crippen molar-refractivity contribution in [3.63, 3.8) is 0 Å². The molecule has 0 unspecified atom stereocenters. The zero-order chi connectivity index (χ0) is 38.7. The van der Waals surface area contributed by atoms with Crippen molar-refractivity contribution in [2.75, 3.05) is 0 Å². The molecule has 0 radical (unpaired) electrons. The summed E-state index contributed by atoms with van der Waals surface area (Å²) < 4.78 is 45.4. The van der Waals surface area contributed by atoms with E-state index in [-0.39, 0.29) is 5.56 Å². The molecule has 6 nitrogen and oxygen atoms in total. The van der Waals surface area contributed by atoms with E-state index in [0.717, 1.165) is 66.9 Å². The van der Waals surface area contributed by atoms with Gasteiger partial charge in [-0.15, -0.1) is 0 Å². The fourth-order valence-corrected chi connectivity index (χ4v) is 7.79. The van der Waals surface area contributed by atoms with Gasteiger partial charge in [-0.25, -0.2) is 0 Å². The first kappa shape index (κ1) is 33.7. The number of alkyl halides is 3. The number of benzene rings is 7. The molecule has 0 saturated carbocycles. The molecular weight excluding hydrogens is 706 g/mol. The lowest BCUT2D eigenvalue weighted by Gasteiger charge is -2.20. The Hall–Kier alpha value is -8.11.